The van der Waals surface area contributed by atoms with Gasteiger partial charge in [0.25, 0.3) is 0 Å². The van der Waals surface area contributed by atoms with Gasteiger partial charge in [0.1, 0.15) is 10.8 Å². The highest BCUT2D eigenvalue weighted by Gasteiger charge is 1.93. The summed E-state index contributed by atoms with van der Waals surface area (Å²) < 4.78 is 4.42. The first kappa shape index (κ1) is 7.43. The third kappa shape index (κ3) is 4.28. The maximum absolute atomic E-state index is 10.1. The molecule has 0 rings (SSSR count). The van der Waals surface area contributed by atoms with E-state index in [0.717, 1.165) is 0 Å². The second kappa shape index (κ2) is 4.59. The number of esters is 1. The Hall–Kier alpha value is 0.430. The molecule has 0 aliphatic rings. The van der Waals surface area contributed by atoms with Gasteiger partial charge in [0.2, 0.25) is 0 Å². The Bertz CT molecular complexity index is 64.0. The first-order valence-corrected chi connectivity index (χ1v) is 3.83. The number of carbonyl (C=O) groups excluding carboxylic acids is 1. The molecule has 7 heavy (non-hydrogen) atoms. The van der Waals surface area contributed by atoms with Crippen molar-refractivity contribution in [3.8, 4) is 0 Å². The summed E-state index contributed by atoms with van der Waals surface area (Å²) in [5.74, 6) is -0.253. The van der Waals surface area contributed by atoms with E-state index < -0.39 is 0 Å². The summed E-state index contributed by atoms with van der Waals surface area (Å²) in [6.45, 7) is 0. The van der Waals surface area contributed by atoms with Gasteiger partial charge in [0.15, 0.2) is 0 Å². The van der Waals surface area contributed by atoms with Crippen molar-refractivity contribution in [2.45, 2.75) is 0 Å². The molecule has 0 fully saturated rings. The lowest BCUT2D eigenvalue weighted by molar-refractivity contribution is -0.137. The highest BCUT2D eigenvalue weighted by atomic mass is 79.9. The highest BCUT2D eigenvalue weighted by molar-refractivity contribution is 9.09. The van der Waals surface area contributed by atoms with Gasteiger partial charge in [-0.3, -0.25) is 4.79 Å². The molecule has 42 valence electrons. The Morgan fingerprint density at radius 1 is 1.57 bits per heavy atom. The van der Waals surface area contributed by atoms with E-state index in [0.29, 0.717) is 0 Å². The third-order valence-corrected chi connectivity index (χ3v) is 1.01. The smallest absolute Gasteiger partial charge is 0.317 e. The molecule has 0 amide bonds. The van der Waals surface area contributed by atoms with E-state index in [4.69, 9.17) is 0 Å². The van der Waals surface area contributed by atoms with Gasteiger partial charge in [0, 0.05) is 0 Å². The summed E-state index contributed by atoms with van der Waals surface area (Å²) in [4.78, 5) is 10.1. The molecule has 0 heterocycles. The van der Waals surface area contributed by atoms with E-state index >= 15 is 0 Å². The molecule has 0 N–H and O–H groups in total. The average Bonchev–Trinajstić information content (AvgIpc) is 1.68. The van der Waals surface area contributed by atoms with Gasteiger partial charge in [-0.25, -0.2) is 0 Å². The molecule has 0 bridgehead atoms. The number of halogens is 2. The van der Waals surface area contributed by atoms with E-state index in [2.05, 4.69) is 36.6 Å². The Labute approximate surface area is 58.5 Å². The zero-order chi connectivity index (χ0) is 5.70. The van der Waals surface area contributed by atoms with Gasteiger partial charge in [-0.2, -0.15) is 0 Å². The van der Waals surface area contributed by atoms with Crippen molar-refractivity contribution in [3.63, 3.8) is 0 Å². The van der Waals surface area contributed by atoms with Crippen LogP contribution < -0.4 is 0 Å². The molecule has 2 nitrogen and oxygen atoms in total. The van der Waals surface area contributed by atoms with E-state index in [-0.39, 0.29) is 16.8 Å². The molecule has 0 aromatic rings. The van der Waals surface area contributed by atoms with Crippen molar-refractivity contribution < 1.29 is 9.53 Å². The van der Waals surface area contributed by atoms with Crippen molar-refractivity contribution in [1.82, 2.24) is 0 Å². The van der Waals surface area contributed by atoms with Gasteiger partial charge in [-0.15, -0.1) is 0 Å². The van der Waals surface area contributed by atoms with Crippen molar-refractivity contribution in [2.24, 2.45) is 0 Å². The Balaban J connectivity index is 3.00. The molecule has 0 aromatic heterocycles. The van der Waals surface area contributed by atoms with Crippen LogP contribution in [-0.2, 0) is 9.53 Å². The number of rotatable bonds is 2. The molecule has 4 heteroatoms. The quantitative estimate of drug-likeness (QED) is 0.529. The molecule has 0 saturated carbocycles. The largest absolute Gasteiger partial charge is 0.453 e. The third-order valence-electron chi connectivity index (χ3n) is 0.325. The SMILES string of the molecule is O=C(CBr)OCBr. The summed E-state index contributed by atoms with van der Waals surface area (Å²) >= 11 is 5.85. The molecule has 0 aliphatic carbocycles. The topological polar surface area (TPSA) is 26.3 Å². The lowest BCUT2D eigenvalue weighted by Gasteiger charge is -1.91. The van der Waals surface area contributed by atoms with Gasteiger partial charge in [-0.1, -0.05) is 15.9 Å². The number of alkyl halides is 2. The maximum Gasteiger partial charge on any atom is 0.317 e. The summed E-state index contributed by atoms with van der Waals surface area (Å²) in [7, 11) is 0. The van der Waals surface area contributed by atoms with Crippen LogP contribution in [0.5, 0.6) is 0 Å². The van der Waals surface area contributed by atoms with E-state index in [1.54, 1.807) is 0 Å². The zero-order valence-corrected chi connectivity index (χ0v) is 6.66. The zero-order valence-electron chi connectivity index (χ0n) is 3.49. The van der Waals surface area contributed by atoms with Crippen molar-refractivity contribution >= 4 is 37.8 Å². The molecular formula is C3H4Br2O2. The lowest BCUT2D eigenvalue weighted by atomic mass is 10.8. The number of ether oxygens (including phenoxy) is 1. The standard InChI is InChI=1S/C3H4Br2O2/c4-1-3(6)7-2-5/h1-2H2. The van der Waals surface area contributed by atoms with E-state index in [1.165, 1.54) is 0 Å². The van der Waals surface area contributed by atoms with Crippen LogP contribution in [0, 0.1) is 0 Å². The fourth-order valence-corrected chi connectivity index (χ4v) is 0.517. The molecular weight excluding hydrogens is 228 g/mol. The fourth-order valence-electron chi connectivity index (χ4n) is 0.0994. The van der Waals surface area contributed by atoms with Gasteiger partial charge >= 0.3 is 5.97 Å². The van der Waals surface area contributed by atoms with Gasteiger partial charge < -0.3 is 4.74 Å². The Morgan fingerprint density at radius 2 is 2.14 bits per heavy atom. The second-order valence-electron chi connectivity index (χ2n) is 0.759. The van der Waals surface area contributed by atoms with Crippen molar-refractivity contribution in [1.29, 1.82) is 0 Å². The van der Waals surface area contributed by atoms with Crippen LogP contribution in [0.1, 0.15) is 0 Å². The van der Waals surface area contributed by atoms with E-state index in [1.807, 2.05) is 0 Å². The summed E-state index contributed by atoms with van der Waals surface area (Å²) in [5.41, 5.74) is 0.275. The summed E-state index contributed by atoms with van der Waals surface area (Å²) in [5, 5.41) is 0.262. The monoisotopic (exact) mass is 230 g/mol. The van der Waals surface area contributed by atoms with Gasteiger partial charge in [0.05, 0.1) is 0 Å². The average molecular weight is 232 g/mol. The van der Waals surface area contributed by atoms with Crippen LogP contribution in [0.2, 0.25) is 0 Å². The second-order valence-corrected chi connectivity index (χ2v) is 1.78. The minimum absolute atomic E-state index is 0.253. The minimum Gasteiger partial charge on any atom is -0.453 e. The van der Waals surface area contributed by atoms with Crippen LogP contribution in [0.15, 0.2) is 0 Å². The van der Waals surface area contributed by atoms with Crippen LogP contribution in [0.4, 0.5) is 0 Å². The fraction of sp³-hybridized carbons (Fsp3) is 0.667. The molecule has 0 saturated heterocycles. The van der Waals surface area contributed by atoms with Crippen molar-refractivity contribution in [2.75, 3.05) is 10.8 Å². The maximum atomic E-state index is 10.1. The molecule has 0 unspecified atom stereocenters. The first-order chi connectivity index (χ1) is 3.31. The Kier molecular flexibility index (Phi) is 4.87. The highest BCUT2D eigenvalue weighted by Crippen LogP contribution is 1.87. The number of hydrogen-bond donors (Lipinski definition) is 0. The normalized spacial score (nSPS) is 8.29. The van der Waals surface area contributed by atoms with Crippen molar-refractivity contribution in [3.05, 3.63) is 0 Å². The van der Waals surface area contributed by atoms with Gasteiger partial charge in [-0.05, 0) is 15.9 Å². The molecule has 0 spiro atoms. The lowest BCUT2D eigenvalue weighted by Crippen LogP contribution is -2.02. The number of hydrogen-bond acceptors (Lipinski definition) is 2. The van der Waals surface area contributed by atoms with Crippen LogP contribution in [0.25, 0.3) is 0 Å². The predicted octanol–water partition coefficient (Wildman–Crippen LogP) is 1.28. The first-order valence-electron chi connectivity index (χ1n) is 1.58. The predicted molar refractivity (Wildman–Crippen MR) is 33.7 cm³/mol. The molecule has 0 aliphatic heterocycles. The molecule has 0 aromatic carbocycles. The van der Waals surface area contributed by atoms with Crippen LogP contribution in [-0.4, -0.2) is 16.8 Å². The molecule has 0 radical (unpaired) electrons. The number of carbonyl (C=O) groups is 1. The summed E-state index contributed by atoms with van der Waals surface area (Å²) in [6, 6.07) is 0. The molecule has 0 atom stereocenters. The summed E-state index contributed by atoms with van der Waals surface area (Å²) in [6.07, 6.45) is 0. The van der Waals surface area contributed by atoms with E-state index in [9.17, 15) is 4.79 Å². The minimum atomic E-state index is -0.253. The Morgan fingerprint density at radius 3 is 2.29 bits per heavy atom. The van der Waals surface area contributed by atoms with Crippen LogP contribution >= 0.6 is 31.9 Å². The van der Waals surface area contributed by atoms with Crippen LogP contribution in [0.3, 0.4) is 0 Å².